The molecule has 1 aliphatic heterocycles. The fraction of sp³-hybridized carbons (Fsp3) is 0.812. The van der Waals surface area contributed by atoms with Gasteiger partial charge < -0.3 is 9.30 Å². The number of morpholine rings is 1. The molecule has 1 saturated carbocycles. The molecule has 6 nitrogen and oxygen atoms in total. The lowest BCUT2D eigenvalue weighted by Crippen LogP contribution is -2.36. The molecule has 1 saturated heterocycles. The van der Waals surface area contributed by atoms with Crippen LogP contribution in [0.25, 0.3) is 0 Å². The number of rotatable bonds is 5. The number of sulfone groups is 1. The smallest absolute Gasteiger partial charge is 0.227 e. The van der Waals surface area contributed by atoms with E-state index in [1.165, 1.54) is 38.4 Å². The molecule has 1 aliphatic carbocycles. The molecule has 23 heavy (non-hydrogen) atoms. The summed E-state index contributed by atoms with van der Waals surface area (Å²) in [5.74, 6) is 0.571. The van der Waals surface area contributed by atoms with Crippen LogP contribution in [0.3, 0.4) is 0 Å². The minimum Gasteiger partial charge on any atom is -0.379 e. The van der Waals surface area contributed by atoms with Gasteiger partial charge in [-0.1, -0.05) is 19.3 Å². The van der Waals surface area contributed by atoms with Crippen LogP contribution in [0.5, 0.6) is 0 Å². The second kappa shape index (κ2) is 7.32. The third kappa shape index (κ3) is 4.33. The highest BCUT2D eigenvalue weighted by Crippen LogP contribution is 2.27. The van der Waals surface area contributed by atoms with Crippen LogP contribution in [0.4, 0.5) is 0 Å². The highest BCUT2D eigenvalue weighted by Gasteiger charge is 2.24. The van der Waals surface area contributed by atoms with Gasteiger partial charge in [0.05, 0.1) is 25.1 Å². The van der Waals surface area contributed by atoms with Crippen LogP contribution in [-0.2, 0) is 27.7 Å². The van der Waals surface area contributed by atoms with Gasteiger partial charge in [0.2, 0.25) is 15.0 Å². The molecule has 2 aliphatic rings. The molecule has 0 bridgehead atoms. The molecule has 0 unspecified atom stereocenters. The van der Waals surface area contributed by atoms with Crippen molar-refractivity contribution in [2.24, 2.45) is 5.92 Å². The molecule has 1 aromatic rings. The van der Waals surface area contributed by atoms with E-state index in [2.05, 4.69) is 9.88 Å². The lowest BCUT2D eigenvalue weighted by atomic mass is 9.89. The van der Waals surface area contributed by atoms with Crippen molar-refractivity contribution in [3.8, 4) is 0 Å². The first-order chi connectivity index (χ1) is 11.0. The van der Waals surface area contributed by atoms with Crippen molar-refractivity contribution in [3.05, 3.63) is 11.9 Å². The van der Waals surface area contributed by atoms with Gasteiger partial charge >= 0.3 is 0 Å². The molecule has 0 N–H and O–H groups in total. The van der Waals surface area contributed by atoms with E-state index in [4.69, 9.17) is 4.74 Å². The van der Waals surface area contributed by atoms with Crippen molar-refractivity contribution in [1.82, 2.24) is 14.5 Å². The van der Waals surface area contributed by atoms with Gasteiger partial charge in [0, 0.05) is 32.4 Å². The first-order valence-electron chi connectivity index (χ1n) is 8.58. The Morgan fingerprint density at radius 1 is 1.22 bits per heavy atom. The first-order valence-corrected chi connectivity index (χ1v) is 10.5. The van der Waals surface area contributed by atoms with Crippen molar-refractivity contribution in [1.29, 1.82) is 0 Å². The van der Waals surface area contributed by atoms with E-state index >= 15 is 0 Å². The van der Waals surface area contributed by atoms with Gasteiger partial charge in [-0.05, 0) is 18.8 Å². The van der Waals surface area contributed by atoms with Crippen LogP contribution in [0, 0.1) is 5.92 Å². The number of imidazole rings is 1. The third-order valence-electron chi connectivity index (χ3n) is 4.89. The Bertz CT molecular complexity index is 615. The topological polar surface area (TPSA) is 64.4 Å². The van der Waals surface area contributed by atoms with Crippen LogP contribution >= 0.6 is 0 Å². The summed E-state index contributed by atoms with van der Waals surface area (Å²) in [5.41, 5.74) is 1.01. The van der Waals surface area contributed by atoms with Crippen LogP contribution in [0.15, 0.2) is 11.4 Å². The number of aromatic nitrogens is 2. The molecule has 0 radical (unpaired) electrons. The van der Waals surface area contributed by atoms with Crippen LogP contribution in [-0.4, -0.2) is 55.4 Å². The van der Waals surface area contributed by atoms with Crippen LogP contribution in [0.1, 0.15) is 37.8 Å². The molecule has 1 aromatic heterocycles. The molecule has 130 valence electrons. The summed E-state index contributed by atoms with van der Waals surface area (Å²) < 4.78 is 31.5. The van der Waals surface area contributed by atoms with Gasteiger partial charge in [-0.15, -0.1) is 0 Å². The molecular formula is C16H27N3O3S. The Hall–Kier alpha value is -0.920. The average Bonchev–Trinajstić information content (AvgIpc) is 2.92. The monoisotopic (exact) mass is 341 g/mol. The van der Waals surface area contributed by atoms with Crippen molar-refractivity contribution < 1.29 is 13.2 Å². The molecule has 0 spiro atoms. The summed E-state index contributed by atoms with van der Waals surface area (Å²) in [5, 5.41) is 0.228. The van der Waals surface area contributed by atoms with E-state index in [1.807, 2.05) is 4.57 Å². The zero-order valence-electron chi connectivity index (χ0n) is 13.9. The average molecular weight is 341 g/mol. The summed E-state index contributed by atoms with van der Waals surface area (Å²) >= 11 is 0. The Labute approximate surface area is 138 Å². The fourth-order valence-electron chi connectivity index (χ4n) is 3.63. The van der Waals surface area contributed by atoms with E-state index in [9.17, 15) is 8.42 Å². The molecule has 2 fully saturated rings. The van der Waals surface area contributed by atoms with Gasteiger partial charge in [-0.2, -0.15) is 0 Å². The second-order valence-electron chi connectivity index (χ2n) is 6.81. The molecule has 0 amide bonds. The van der Waals surface area contributed by atoms with E-state index in [0.717, 1.165) is 45.1 Å². The SMILES string of the molecule is CS(=O)(=O)c1ncc(CN2CCOCC2)n1CC1CCCCC1. The zero-order valence-corrected chi connectivity index (χ0v) is 14.7. The minimum atomic E-state index is -3.30. The number of nitrogens with zero attached hydrogens (tertiary/aromatic N) is 3. The molecule has 0 aromatic carbocycles. The quantitative estimate of drug-likeness (QED) is 0.816. The summed E-state index contributed by atoms with van der Waals surface area (Å²) in [6.07, 6.45) is 9.20. The maximum absolute atomic E-state index is 12.1. The Kier molecular flexibility index (Phi) is 5.38. The highest BCUT2D eigenvalue weighted by atomic mass is 32.2. The normalized spacial score (nSPS) is 21.6. The predicted molar refractivity (Wildman–Crippen MR) is 88.0 cm³/mol. The minimum absolute atomic E-state index is 0.228. The summed E-state index contributed by atoms with van der Waals surface area (Å²) in [4.78, 5) is 6.54. The summed E-state index contributed by atoms with van der Waals surface area (Å²) in [6, 6.07) is 0. The van der Waals surface area contributed by atoms with Crippen molar-refractivity contribution in [3.63, 3.8) is 0 Å². The van der Waals surface area contributed by atoms with Gasteiger partial charge in [0.1, 0.15) is 0 Å². The van der Waals surface area contributed by atoms with Gasteiger partial charge in [-0.3, -0.25) is 4.90 Å². The van der Waals surface area contributed by atoms with Gasteiger partial charge in [0.25, 0.3) is 0 Å². The summed E-state index contributed by atoms with van der Waals surface area (Å²) in [7, 11) is -3.30. The maximum Gasteiger partial charge on any atom is 0.227 e. The molecule has 7 heteroatoms. The van der Waals surface area contributed by atoms with E-state index in [-0.39, 0.29) is 5.16 Å². The predicted octanol–water partition coefficient (Wildman–Crippen LogP) is 1.70. The van der Waals surface area contributed by atoms with E-state index < -0.39 is 9.84 Å². The molecule has 0 atom stereocenters. The van der Waals surface area contributed by atoms with Crippen LogP contribution < -0.4 is 0 Å². The Morgan fingerprint density at radius 2 is 1.91 bits per heavy atom. The lowest BCUT2D eigenvalue weighted by Gasteiger charge is -2.28. The Morgan fingerprint density at radius 3 is 2.57 bits per heavy atom. The number of ether oxygens (including phenoxy) is 1. The number of hydrogen-bond donors (Lipinski definition) is 0. The first kappa shape index (κ1) is 16.9. The van der Waals surface area contributed by atoms with Crippen molar-refractivity contribution in [2.75, 3.05) is 32.6 Å². The maximum atomic E-state index is 12.1. The molecule has 2 heterocycles. The molecular weight excluding hydrogens is 314 g/mol. The highest BCUT2D eigenvalue weighted by molar-refractivity contribution is 7.90. The van der Waals surface area contributed by atoms with Crippen LogP contribution in [0.2, 0.25) is 0 Å². The fourth-order valence-corrected chi connectivity index (χ4v) is 4.46. The largest absolute Gasteiger partial charge is 0.379 e. The zero-order chi connectivity index (χ0) is 16.3. The van der Waals surface area contributed by atoms with Crippen molar-refractivity contribution >= 4 is 9.84 Å². The number of hydrogen-bond acceptors (Lipinski definition) is 5. The van der Waals surface area contributed by atoms with Crippen molar-refractivity contribution in [2.45, 2.75) is 50.4 Å². The van der Waals surface area contributed by atoms with Gasteiger partial charge in [-0.25, -0.2) is 13.4 Å². The Balaban J connectivity index is 1.81. The second-order valence-corrected chi connectivity index (χ2v) is 8.72. The standard InChI is InChI=1S/C16H27N3O3S/c1-23(20,21)16-17-11-15(13-18-7-9-22-10-8-18)19(16)12-14-5-3-2-4-6-14/h11,14H,2-10,12-13H2,1H3. The van der Waals surface area contributed by atoms with E-state index in [0.29, 0.717) is 5.92 Å². The van der Waals surface area contributed by atoms with E-state index in [1.54, 1.807) is 6.20 Å². The van der Waals surface area contributed by atoms with Gasteiger partial charge in [0.15, 0.2) is 0 Å². The molecule has 3 rings (SSSR count). The third-order valence-corrected chi connectivity index (χ3v) is 5.88. The lowest BCUT2D eigenvalue weighted by molar-refractivity contribution is 0.0329. The summed E-state index contributed by atoms with van der Waals surface area (Å²) in [6.45, 7) is 4.80.